The van der Waals surface area contributed by atoms with E-state index in [0.29, 0.717) is 84.0 Å². The van der Waals surface area contributed by atoms with E-state index in [4.69, 9.17) is 10.5 Å². The van der Waals surface area contributed by atoms with Crippen molar-refractivity contribution in [1.29, 1.82) is 5.26 Å². The van der Waals surface area contributed by atoms with Crippen LogP contribution in [0.2, 0.25) is 0 Å². The number of carbonyl (C=O) groups is 6. The first-order valence-electron chi connectivity index (χ1n) is 39.2. The average Bonchev–Trinajstić information content (AvgIpc) is 1.18. The van der Waals surface area contributed by atoms with Crippen molar-refractivity contribution in [3.8, 4) is 29.3 Å². The van der Waals surface area contributed by atoms with Gasteiger partial charge >= 0.3 is 30.1 Å². The fourth-order valence-corrected chi connectivity index (χ4v) is 20.5. The number of benzene rings is 4. The Balaban J connectivity index is 0.000000157. The first-order chi connectivity index (χ1) is 66.5. The van der Waals surface area contributed by atoms with Gasteiger partial charge in [-0.2, -0.15) is 22.8 Å². The Kier molecular flexibility index (Phi) is 30.0. The van der Waals surface area contributed by atoms with Crippen molar-refractivity contribution < 1.29 is 89.7 Å². The van der Waals surface area contributed by atoms with E-state index in [1.807, 2.05) is 0 Å². The molecule has 0 spiro atoms. The molecule has 140 heavy (non-hydrogen) atoms. The summed E-state index contributed by atoms with van der Waals surface area (Å²) in [7, 11) is -9.01. The summed E-state index contributed by atoms with van der Waals surface area (Å²) < 4.78 is 164. The normalized spacial score (nSPS) is 11.2. The van der Waals surface area contributed by atoms with Crippen molar-refractivity contribution in [2.24, 2.45) is 5.73 Å². The van der Waals surface area contributed by atoms with Crippen molar-refractivity contribution in [3.63, 3.8) is 0 Å². The highest BCUT2D eigenvalue weighted by Crippen LogP contribution is 2.32. The zero-order valence-electron chi connectivity index (χ0n) is 71.7. The van der Waals surface area contributed by atoms with E-state index in [1.165, 1.54) is 110 Å². The van der Waals surface area contributed by atoms with Crippen LogP contribution in [0.4, 0.5) is 87.9 Å². The molecular weight excluding hydrogens is 2000 g/mol. The Morgan fingerprint density at radius 3 is 0.907 bits per heavy atom. The molecule has 0 radical (unpaired) electrons. The second kappa shape index (κ2) is 41.9. The van der Waals surface area contributed by atoms with Crippen LogP contribution in [0.3, 0.4) is 0 Å². The smallest absolute Gasteiger partial charge is 0.340 e. The van der Waals surface area contributed by atoms with Crippen molar-refractivity contribution >= 4 is 216 Å². The number of methoxy groups -OCH3 is 1. The first-order valence-corrected chi connectivity index (χ1v) is 48.4. The number of aromatic nitrogens is 8. The number of amides is 9. The van der Waals surface area contributed by atoms with E-state index in [0.717, 1.165) is 80.3 Å². The fraction of sp³-hybridized carbons (Fsp3) is 0.0595. The van der Waals surface area contributed by atoms with Crippen molar-refractivity contribution in [2.75, 3.05) is 77.8 Å². The average molecular weight is 2070 g/mol. The van der Waals surface area contributed by atoms with Gasteiger partial charge in [0, 0.05) is 102 Å². The number of halogens is 4. The number of thiophene rings is 4. The van der Waals surface area contributed by atoms with Gasteiger partial charge in [0.25, 0.3) is 73.9 Å². The van der Waals surface area contributed by atoms with Gasteiger partial charge in [0.15, 0.2) is 20.5 Å². The van der Waals surface area contributed by atoms with Gasteiger partial charge in [-0.3, -0.25) is 52.4 Å². The largest absolute Gasteiger partial charge is 0.465 e. The summed E-state index contributed by atoms with van der Waals surface area (Å²) in [6.45, 7) is 0. The lowest BCUT2D eigenvalue weighted by Crippen LogP contribution is -2.34. The van der Waals surface area contributed by atoms with Gasteiger partial charge in [-0.1, -0.05) is 45.3 Å². The number of hydrogen-bond donors (Lipinski definition) is 13. The van der Waals surface area contributed by atoms with E-state index >= 15 is 0 Å². The second-order valence-electron chi connectivity index (χ2n) is 28.2. The fourth-order valence-electron chi connectivity index (χ4n) is 12.8. The summed E-state index contributed by atoms with van der Waals surface area (Å²) in [6.07, 6.45) is 9.77. The molecule has 0 unspecified atom stereocenters. The van der Waals surface area contributed by atoms with E-state index in [2.05, 4.69) is 68.5 Å². The molecular formula is C84H65F4N23O21S8. The number of pyridine rings is 8. The predicted molar refractivity (Wildman–Crippen MR) is 513 cm³/mol. The van der Waals surface area contributed by atoms with Crippen LogP contribution < -0.4 is 89.4 Å². The molecule has 16 rings (SSSR count). The molecule has 0 aliphatic rings. The van der Waals surface area contributed by atoms with Crippen molar-refractivity contribution in [2.45, 2.75) is 16.8 Å². The molecule has 718 valence electrons. The maximum absolute atomic E-state index is 13.1. The Bertz CT molecular complexity index is 8250. The summed E-state index contributed by atoms with van der Waals surface area (Å²) >= 11 is 1.48. The van der Waals surface area contributed by atoms with Gasteiger partial charge in [0.05, 0.1) is 93.2 Å². The molecule has 0 saturated heterocycles. The highest BCUT2D eigenvalue weighted by molar-refractivity contribution is 7.93. The van der Waals surface area contributed by atoms with Crippen LogP contribution in [0.25, 0.3) is 66.4 Å². The summed E-state index contributed by atoms with van der Waals surface area (Å²) in [6, 6.07) is 36.1. The predicted octanol–water partition coefficient (Wildman–Crippen LogP) is 11.2. The topological polar surface area (TPSA) is 625 Å². The SMILES string of the molecule is CNc1ccc2c(=O)n(-c3ccc(NC(=O)NS(=O)(=O)c4ccc(F)s4)cn3)cc(C#N)c2c1.CNc1ccc2c(=O)n(-c3ccc(NC(=O)NS(=O)(=O)c4ccc(F)s4)cn3)cc(C(=O)OC)c2c1.CNc1ccc2c(=O)n(-c3ccc(NC(=O)NS(=O)(=O)c4ccc(F)s4)cn3)cc(C(N)=O)c2c1.CNc1ccc2c(=O)n(-c3ccc(NC(=O)NS(=O)(=O)c4ccc(F)s4)cn3)cc([N+](=O)[O-])c2c1. The van der Waals surface area contributed by atoms with Gasteiger partial charge in [0.2, 0.25) is 0 Å². The summed E-state index contributed by atoms with van der Waals surface area (Å²) in [4.78, 5) is 152. The summed E-state index contributed by atoms with van der Waals surface area (Å²) in [5.74, 6) is -0.899. The quantitative estimate of drug-likeness (QED) is 0.0122. The van der Waals surface area contributed by atoms with E-state index in [-0.39, 0.29) is 107 Å². The molecule has 4 aromatic carbocycles. The first kappa shape index (κ1) is 100. The molecule has 0 saturated carbocycles. The molecule has 16 aromatic rings. The zero-order chi connectivity index (χ0) is 101. The van der Waals surface area contributed by atoms with Gasteiger partial charge in [-0.05, 0) is 170 Å². The lowest BCUT2D eigenvalue weighted by atomic mass is 10.1. The van der Waals surface area contributed by atoms with Crippen LogP contribution >= 0.6 is 45.3 Å². The van der Waals surface area contributed by atoms with Gasteiger partial charge in [0.1, 0.15) is 46.2 Å². The van der Waals surface area contributed by atoms with E-state index in [9.17, 15) is 115 Å². The molecule has 14 N–H and O–H groups in total. The number of nitrogens with one attached hydrogen (secondary N) is 12. The number of carbonyl (C=O) groups excluding carboxylic acids is 6. The number of hydrogen-bond acceptors (Lipinski definition) is 34. The third kappa shape index (κ3) is 22.9. The molecule has 12 aromatic heterocycles. The minimum atomic E-state index is -4.27. The molecule has 0 fully saturated rings. The number of fused-ring (bicyclic) bond motifs is 4. The van der Waals surface area contributed by atoms with E-state index in [1.54, 1.807) is 108 Å². The number of sulfonamides is 4. The van der Waals surface area contributed by atoms with Gasteiger partial charge < -0.3 is 53.0 Å². The third-order valence-electron chi connectivity index (χ3n) is 19.4. The molecule has 12 heterocycles. The number of nitro groups is 1. The van der Waals surface area contributed by atoms with Crippen LogP contribution in [0.1, 0.15) is 26.3 Å². The number of esters is 1. The van der Waals surface area contributed by atoms with Crippen molar-refractivity contribution in [1.82, 2.24) is 57.1 Å². The number of rotatable bonds is 23. The van der Waals surface area contributed by atoms with Gasteiger partial charge in [-0.25, -0.2) is 96.5 Å². The third-order valence-corrected chi connectivity index (χ3v) is 30.1. The maximum Gasteiger partial charge on any atom is 0.340 e. The van der Waals surface area contributed by atoms with Crippen molar-refractivity contribution in [3.05, 3.63) is 308 Å². The standard InChI is InChI=1S/C22H18FN5O6S2.C21H17FN6O5S2.C21H15FN6O4S2.C20H15FN6O6S2/c1-24-12-3-5-14-15(9-12)16(21(30)34-2)11-28(20(14)29)18-7-4-13(10-25-18)26-22(31)27-36(32,33)19-8-6-17(23)35-19;1-24-11-2-4-13-14(8-11)15(19(23)29)10-28(20(13)30)17-6-3-12(9-25-17)26-21(31)27-35(32,33)18-7-5-16(22)34-18;1-24-13-2-4-15-16(8-13)12(9-23)11-28(20(15)29)18-6-3-14(10-25-18)26-21(30)27-34(31,32)19-7-5-17(22)33-19;1-22-11-2-4-13-14(8-11)15(27(30)31)10-26(19(13)28)17-6-3-12(9-23-17)24-20(29)25-35(32,33)18-7-5-16(21)34-18/h3-11,24H,1-2H3,(H2,26,27,31);2-10,24H,1H3,(H2,23,29)(H2,26,27,31);2-8,10-11,24H,1H3,(H2,26,27,30);2-10,22H,1H3,(H2,24,25,29). The molecule has 0 aliphatic carbocycles. The highest BCUT2D eigenvalue weighted by atomic mass is 32.3. The molecule has 0 bridgehead atoms. The Labute approximate surface area is 800 Å². The molecule has 44 nitrogen and oxygen atoms in total. The number of nitriles is 1. The number of ether oxygens (including phenoxy) is 1. The van der Waals surface area contributed by atoms with Crippen LogP contribution in [0.15, 0.2) is 255 Å². The minimum absolute atomic E-state index is 0.0327. The number of nitrogens with two attached hydrogens (primary N) is 1. The van der Waals surface area contributed by atoms with Crippen LogP contribution in [0, 0.1) is 42.0 Å². The lowest BCUT2D eigenvalue weighted by molar-refractivity contribution is -0.383. The van der Waals surface area contributed by atoms with Crippen LogP contribution in [0.5, 0.6) is 0 Å². The maximum atomic E-state index is 13.1. The Morgan fingerprint density at radius 2 is 0.643 bits per heavy atom. The Morgan fingerprint density at radius 1 is 0.379 bits per heavy atom. The van der Waals surface area contributed by atoms with E-state index < -0.39 is 124 Å². The molecule has 56 heteroatoms. The Hall–Kier alpha value is -17.3. The number of primary amides is 1. The molecule has 0 atom stereocenters. The van der Waals surface area contributed by atoms with Crippen LogP contribution in [-0.2, 0) is 44.8 Å². The second-order valence-corrected chi connectivity index (χ2v) is 40.0. The lowest BCUT2D eigenvalue weighted by Gasteiger charge is -2.12. The van der Waals surface area contributed by atoms with Crippen LogP contribution in [-0.4, -0.2) is 148 Å². The highest BCUT2D eigenvalue weighted by Gasteiger charge is 2.28. The molecule has 9 amide bonds. The number of anilines is 8. The molecule has 0 aliphatic heterocycles. The summed E-state index contributed by atoms with van der Waals surface area (Å²) in [5.41, 5.74) is 7.06. The number of nitrogens with zero attached hydrogens (tertiary/aromatic N) is 10. The minimum Gasteiger partial charge on any atom is -0.465 e. The summed E-state index contributed by atoms with van der Waals surface area (Å²) in [5, 5.41) is 41.6. The zero-order valence-corrected chi connectivity index (χ0v) is 78.2. The van der Waals surface area contributed by atoms with Gasteiger partial charge in [-0.15, -0.1) is 0 Å². The number of urea groups is 4. The monoisotopic (exact) mass is 2060 g/mol.